The van der Waals surface area contributed by atoms with Crippen LogP contribution in [0, 0.1) is 0 Å². The normalized spacial score (nSPS) is 19.0. The summed E-state index contributed by atoms with van der Waals surface area (Å²) in [4.78, 5) is 17.4. The molecule has 0 saturated heterocycles. The molecule has 1 N–H and O–H groups in total. The molecule has 1 aromatic heterocycles. The van der Waals surface area contributed by atoms with E-state index in [1.165, 1.54) is 19.4 Å². The summed E-state index contributed by atoms with van der Waals surface area (Å²) in [5.41, 5.74) is 2.37. The topological polar surface area (TPSA) is 65.4 Å². The van der Waals surface area contributed by atoms with E-state index in [-0.39, 0.29) is 11.5 Å². The first-order valence-corrected chi connectivity index (χ1v) is 12.0. The van der Waals surface area contributed by atoms with Gasteiger partial charge in [0.2, 0.25) is 0 Å². The number of benzene rings is 1. The molecule has 2 aliphatic rings. The second-order valence-corrected chi connectivity index (χ2v) is 10.00. The zero-order valence-electron chi connectivity index (χ0n) is 17.9. The van der Waals surface area contributed by atoms with Gasteiger partial charge in [-0.05, 0) is 13.8 Å². The second-order valence-electron chi connectivity index (χ2n) is 8.42. The molecule has 6 nitrogen and oxygen atoms in total. The molecule has 0 atom stereocenters. The van der Waals surface area contributed by atoms with Gasteiger partial charge in [-0.1, -0.05) is 0 Å². The van der Waals surface area contributed by atoms with Crippen molar-refractivity contribution in [1.29, 1.82) is 0 Å². The Morgan fingerprint density at radius 2 is 2.06 bits per heavy atom. The number of carbonyl (C=O) groups is 1. The van der Waals surface area contributed by atoms with Gasteiger partial charge < -0.3 is 0 Å². The molecule has 4 rings (SSSR count). The number of nitrogens with one attached hydrogen (secondary N) is 1. The number of allylic oxidation sites excluding steroid dienone is 3. The minimum atomic E-state index is -0.253. The maximum atomic E-state index is 12.9. The summed E-state index contributed by atoms with van der Waals surface area (Å²) in [5.74, 6) is 1.63. The Hall–Kier alpha value is -2.30. The van der Waals surface area contributed by atoms with Gasteiger partial charge in [-0.15, -0.1) is 0 Å². The number of aromatic nitrogens is 2. The summed E-state index contributed by atoms with van der Waals surface area (Å²) in [6.07, 6.45) is 14.1. The van der Waals surface area contributed by atoms with Crippen molar-refractivity contribution in [2.24, 2.45) is 0 Å². The van der Waals surface area contributed by atoms with Crippen LogP contribution in [0.2, 0.25) is 0 Å². The molecule has 31 heavy (non-hydrogen) atoms. The van der Waals surface area contributed by atoms with Gasteiger partial charge in [-0.3, -0.25) is 0 Å². The van der Waals surface area contributed by atoms with Crippen LogP contribution in [-0.2, 0) is 43.7 Å². The van der Waals surface area contributed by atoms with Crippen molar-refractivity contribution in [2.45, 2.75) is 51.9 Å². The summed E-state index contributed by atoms with van der Waals surface area (Å²) in [6, 6.07) is 3.92. The monoisotopic (exact) mass is 589 g/mol. The van der Waals surface area contributed by atoms with Gasteiger partial charge >= 0.3 is 180 Å². The van der Waals surface area contributed by atoms with Crippen molar-refractivity contribution in [2.75, 3.05) is 6.61 Å². The van der Waals surface area contributed by atoms with Crippen LogP contribution in [-0.4, -0.2) is 31.6 Å². The van der Waals surface area contributed by atoms with Gasteiger partial charge in [0.15, 0.2) is 0 Å². The Morgan fingerprint density at radius 1 is 1.19 bits per heavy atom. The first-order chi connectivity index (χ1) is 14.9. The number of rotatable bonds is 0. The second kappa shape index (κ2) is 9.45. The zero-order chi connectivity index (χ0) is 21.8. The first-order valence-electron chi connectivity index (χ1n) is 10.5. The Balaban J connectivity index is 1.57. The Morgan fingerprint density at radius 3 is 2.94 bits per heavy atom. The quantitative estimate of drug-likeness (QED) is 0.512. The summed E-state index contributed by atoms with van der Waals surface area (Å²) < 4.78 is 15.3. The molecular formula is C24H27N3O3W. The molecule has 7 heteroatoms. The van der Waals surface area contributed by atoms with Crippen molar-refractivity contribution < 1.29 is 33.6 Å². The fourth-order valence-electron chi connectivity index (χ4n) is 3.89. The van der Waals surface area contributed by atoms with E-state index in [2.05, 4.69) is 34.8 Å². The summed E-state index contributed by atoms with van der Waals surface area (Å²) >= 11 is 1.35. The number of imidazole rings is 1. The average molecular weight is 589 g/mol. The van der Waals surface area contributed by atoms with Crippen LogP contribution in [0.3, 0.4) is 0 Å². The fraction of sp³-hybridized carbons (Fsp3) is 0.375. The third kappa shape index (κ3) is 5.31. The van der Waals surface area contributed by atoms with Crippen LogP contribution >= 0.6 is 0 Å². The molecule has 0 saturated carbocycles. The molecule has 0 spiro atoms. The summed E-state index contributed by atoms with van der Waals surface area (Å²) in [5, 5.41) is 2.87. The molecule has 0 fully saturated rings. The molecule has 162 valence electrons. The van der Waals surface area contributed by atoms with Crippen LogP contribution in [0.25, 0.3) is 0 Å². The van der Waals surface area contributed by atoms with Crippen molar-refractivity contribution in [1.82, 2.24) is 14.9 Å². The van der Waals surface area contributed by atoms with E-state index < -0.39 is 0 Å². The van der Waals surface area contributed by atoms with E-state index in [1.54, 1.807) is 6.20 Å². The number of hydrogen-bond donors (Lipinski definition) is 1. The molecule has 2 aromatic rings. The van der Waals surface area contributed by atoms with Crippen molar-refractivity contribution >= 4 is 9.81 Å². The molecule has 3 heterocycles. The predicted octanol–water partition coefficient (Wildman–Crippen LogP) is 3.47. The third-order valence-corrected chi connectivity index (χ3v) is 6.48. The van der Waals surface area contributed by atoms with Gasteiger partial charge in [0.1, 0.15) is 0 Å². The molecule has 0 radical (unpaired) electrons. The van der Waals surface area contributed by atoms with E-state index in [0.717, 1.165) is 52.4 Å². The zero-order valence-corrected chi connectivity index (χ0v) is 20.8. The molecular weight excluding hydrogens is 562 g/mol. The van der Waals surface area contributed by atoms with E-state index in [9.17, 15) is 4.79 Å². The van der Waals surface area contributed by atoms with Gasteiger partial charge in [-0.25, -0.2) is 0 Å². The number of ether oxygens (including phenoxy) is 2. The summed E-state index contributed by atoms with van der Waals surface area (Å²) in [7, 11) is 0. The number of aryl methyl sites for hydroxylation is 1. The Kier molecular flexibility index (Phi) is 6.68. The van der Waals surface area contributed by atoms with Crippen molar-refractivity contribution in [3.63, 3.8) is 0 Å². The molecule has 1 aromatic carbocycles. The van der Waals surface area contributed by atoms with Crippen LogP contribution < -0.4 is 10.1 Å². The minimum absolute atomic E-state index is 0.162. The molecule has 1 amide bonds. The number of fused-ring (bicyclic) bond motifs is 3. The van der Waals surface area contributed by atoms with E-state index in [0.29, 0.717) is 18.8 Å². The van der Waals surface area contributed by atoms with Gasteiger partial charge in [0, 0.05) is 0 Å². The predicted molar refractivity (Wildman–Crippen MR) is 116 cm³/mol. The van der Waals surface area contributed by atoms with Crippen LogP contribution in [0.4, 0.5) is 0 Å². The first kappa shape index (κ1) is 21.9. The number of carbonyl (C=O) groups excluding carboxylic acids is 1. The number of hydrogen-bond acceptors (Lipinski definition) is 4. The molecule has 2 aliphatic heterocycles. The fourth-order valence-corrected chi connectivity index (χ4v) is 4.78. The van der Waals surface area contributed by atoms with Crippen molar-refractivity contribution in [3.8, 4) is 5.75 Å². The van der Waals surface area contributed by atoms with Gasteiger partial charge in [0.05, 0.1) is 0 Å². The Labute approximate surface area is 193 Å². The molecule has 0 unspecified atom stereocenters. The van der Waals surface area contributed by atoms with Crippen molar-refractivity contribution in [3.05, 3.63) is 71.5 Å². The van der Waals surface area contributed by atoms with Gasteiger partial charge in [-0.2, -0.15) is 0 Å². The van der Waals surface area contributed by atoms with E-state index in [1.807, 2.05) is 36.7 Å². The maximum absolute atomic E-state index is 12.9. The standard InChI is InChI=1S/C24H27N3O3.W/c1-24(2)16-18-14-19-17-29-13-7-6-11-27-12-10-25-22(27)8-4-3-5-9-26-23(28)20(19)15-21(18)30-24;/h3-5,9-10,12,14-15H,6-7,11,13,16-17H2,1-2H3,(H,26,28);. The number of nitrogens with zero attached hydrogens (tertiary/aromatic N) is 2. The number of amides is 1. The average Bonchev–Trinajstić information content (AvgIpc) is 3.30. The van der Waals surface area contributed by atoms with Crippen LogP contribution in [0.15, 0.2) is 49.0 Å². The van der Waals surface area contributed by atoms with E-state index in [4.69, 9.17) is 9.47 Å². The van der Waals surface area contributed by atoms with Crippen LogP contribution in [0.1, 0.15) is 54.0 Å². The summed E-state index contributed by atoms with van der Waals surface area (Å²) in [6.45, 7) is 6.10. The SMILES string of the molecule is CC1(C)Cc2cc3c(cc2O1)C(=O)NC=CC=C[C](=[W])c1nccn1CCCCOC3. The van der Waals surface area contributed by atoms with Gasteiger partial charge in [0.25, 0.3) is 0 Å². The molecule has 0 aliphatic carbocycles. The van der Waals surface area contributed by atoms with Crippen LogP contribution in [0.5, 0.6) is 5.75 Å². The van der Waals surface area contributed by atoms with E-state index >= 15 is 0 Å². The molecule has 0 bridgehead atoms. The third-order valence-electron chi connectivity index (χ3n) is 5.33. The Bertz CT molecular complexity index is 1050.